The number of fused-ring (bicyclic) bond motifs is 5. The van der Waals surface area contributed by atoms with Crippen molar-refractivity contribution in [3.05, 3.63) is 77.9 Å². The predicted octanol–water partition coefficient (Wildman–Crippen LogP) is 5.04. The van der Waals surface area contributed by atoms with Gasteiger partial charge in [-0.1, -0.05) is 49.4 Å². The van der Waals surface area contributed by atoms with E-state index >= 15 is 0 Å². The monoisotopic (exact) mass is 603 g/mol. The maximum Gasteiger partial charge on any atom is 0.189 e. The van der Waals surface area contributed by atoms with Crippen molar-refractivity contribution in [2.75, 3.05) is 12.3 Å². The van der Waals surface area contributed by atoms with Gasteiger partial charge in [-0.3, -0.25) is 9.59 Å². The number of hydrogen-bond acceptors (Lipinski definition) is 8. The van der Waals surface area contributed by atoms with Crippen LogP contribution in [0.3, 0.4) is 0 Å². The highest BCUT2D eigenvalue weighted by Crippen LogP contribution is 2.66. The molecule has 7 nitrogen and oxygen atoms in total. The third-order valence-electron chi connectivity index (χ3n) is 10.9. The van der Waals surface area contributed by atoms with E-state index in [2.05, 4.69) is 6.92 Å². The van der Waals surface area contributed by atoms with Gasteiger partial charge in [0.25, 0.3) is 0 Å². The Morgan fingerprint density at radius 3 is 2.42 bits per heavy atom. The molecule has 2 aromatic carbocycles. The zero-order chi connectivity index (χ0) is 30.7. The molecule has 0 amide bonds. The molecule has 228 valence electrons. The van der Waals surface area contributed by atoms with E-state index in [1.807, 2.05) is 61.5 Å². The normalized spacial score (nSPS) is 36.2. The van der Waals surface area contributed by atoms with E-state index < -0.39 is 41.3 Å². The van der Waals surface area contributed by atoms with Gasteiger partial charge in [-0.15, -0.1) is 0 Å². The molecular formula is C35H41NO6S. The quantitative estimate of drug-likeness (QED) is 0.256. The minimum atomic E-state index is -1.67. The van der Waals surface area contributed by atoms with Crippen LogP contribution in [-0.2, 0) is 20.1 Å². The molecule has 9 atom stereocenters. The number of aliphatic hydroxyl groups excluding tert-OH is 2. The van der Waals surface area contributed by atoms with Gasteiger partial charge in [-0.25, -0.2) is 0 Å². The summed E-state index contributed by atoms with van der Waals surface area (Å²) in [6, 6.07) is 15.2. The van der Waals surface area contributed by atoms with Crippen molar-refractivity contribution < 1.29 is 29.6 Å². The number of hydrogen-bond donors (Lipinski definition) is 4. The molecule has 2 aromatic rings. The Morgan fingerprint density at radius 2 is 1.77 bits per heavy atom. The predicted molar refractivity (Wildman–Crippen MR) is 165 cm³/mol. The summed E-state index contributed by atoms with van der Waals surface area (Å²) in [6.45, 7) is 5.14. The van der Waals surface area contributed by atoms with Gasteiger partial charge in [-0.05, 0) is 98.4 Å². The number of rotatable bonds is 7. The number of nitrogens with two attached hydrogens (primary N) is 1. The molecule has 0 heterocycles. The summed E-state index contributed by atoms with van der Waals surface area (Å²) in [5.41, 5.74) is 7.11. The Hall–Kier alpha value is -2.75. The van der Waals surface area contributed by atoms with E-state index in [9.17, 15) is 24.9 Å². The highest BCUT2D eigenvalue weighted by molar-refractivity contribution is 7.99. The van der Waals surface area contributed by atoms with Gasteiger partial charge in [0, 0.05) is 32.4 Å². The molecule has 0 bridgehead atoms. The van der Waals surface area contributed by atoms with Crippen LogP contribution in [0.15, 0.2) is 82.1 Å². The number of ketones is 2. The second-order valence-electron chi connectivity index (χ2n) is 13.5. The number of Topliss-reactive ketones (excluding diaryl/α,β-unsaturated/α-hetero) is 1. The summed E-state index contributed by atoms with van der Waals surface area (Å²) >= 11 is 1.59. The summed E-state index contributed by atoms with van der Waals surface area (Å²) in [5, 5.41) is 33.4. The fraction of sp³-hybridized carbons (Fsp3) is 0.486. The van der Waals surface area contributed by atoms with Crippen LogP contribution in [0.25, 0.3) is 0 Å². The molecule has 5 N–H and O–H groups in total. The highest BCUT2D eigenvalue weighted by atomic mass is 32.2. The smallest absolute Gasteiger partial charge is 0.189 e. The fourth-order valence-corrected chi connectivity index (χ4v) is 9.79. The molecule has 2 unspecified atom stereocenters. The molecule has 0 saturated heterocycles. The number of ether oxygens (including phenoxy) is 1. The lowest BCUT2D eigenvalue weighted by atomic mass is 9.46. The first-order valence-electron chi connectivity index (χ1n) is 15.2. The molecule has 0 aromatic heterocycles. The Labute approximate surface area is 257 Å². The van der Waals surface area contributed by atoms with Gasteiger partial charge in [0.1, 0.15) is 6.61 Å². The topological polar surface area (TPSA) is 130 Å². The first-order valence-corrected chi connectivity index (χ1v) is 16.0. The van der Waals surface area contributed by atoms with Crippen LogP contribution in [0.4, 0.5) is 5.69 Å². The Kier molecular flexibility index (Phi) is 7.75. The molecule has 6 rings (SSSR count). The zero-order valence-corrected chi connectivity index (χ0v) is 25.7. The van der Waals surface area contributed by atoms with Crippen molar-refractivity contribution in [3.63, 3.8) is 0 Å². The van der Waals surface area contributed by atoms with Crippen molar-refractivity contribution >= 4 is 29.0 Å². The molecule has 4 aliphatic carbocycles. The SMILES string of the molecule is C[C@](O)(O[C@@H]1CC2[C@@H]3CCC4=CC(=O)C=C[C@]4(C)C3[C@@H](O)C[C@]2(C)[C@H]1C(=O)CO)c1ccc(Sc2ccc(N)cc2)cc1. The van der Waals surface area contributed by atoms with E-state index in [1.54, 1.807) is 30.8 Å². The van der Waals surface area contributed by atoms with Gasteiger partial charge in [0.2, 0.25) is 0 Å². The molecule has 43 heavy (non-hydrogen) atoms. The van der Waals surface area contributed by atoms with Gasteiger partial charge in [0.05, 0.1) is 18.1 Å². The zero-order valence-electron chi connectivity index (χ0n) is 24.9. The van der Waals surface area contributed by atoms with Crippen molar-refractivity contribution in [1.29, 1.82) is 0 Å². The fourth-order valence-electron chi connectivity index (χ4n) is 8.97. The summed E-state index contributed by atoms with van der Waals surface area (Å²) in [4.78, 5) is 27.6. The van der Waals surface area contributed by atoms with E-state index in [-0.39, 0.29) is 29.3 Å². The molecule has 0 radical (unpaired) electrons. The van der Waals surface area contributed by atoms with Gasteiger partial charge < -0.3 is 25.8 Å². The average molecular weight is 604 g/mol. The molecule has 3 fully saturated rings. The van der Waals surface area contributed by atoms with Crippen LogP contribution >= 0.6 is 11.8 Å². The van der Waals surface area contributed by atoms with Gasteiger partial charge in [0.15, 0.2) is 17.4 Å². The lowest BCUT2D eigenvalue weighted by Gasteiger charge is -2.58. The van der Waals surface area contributed by atoms with Crippen LogP contribution < -0.4 is 5.73 Å². The lowest BCUT2D eigenvalue weighted by Crippen LogP contribution is -2.56. The standard InChI is InChI=1S/C35H41NO6S/c1-33-15-14-23(38)16-21(33)6-13-26-27-17-30(32(29(40)19-37)34(27,2)18-28(39)31(26)33)42-35(3,41)20-4-9-24(10-5-20)43-25-11-7-22(36)8-12-25/h4-5,7-12,14-16,26-28,30-32,37,39,41H,6,13,17-19,36H2,1-3H3/t26-,27?,28-,30+,31?,32-,33-,34-,35-/m0/s1. The van der Waals surface area contributed by atoms with Crippen LogP contribution in [0.2, 0.25) is 0 Å². The second-order valence-corrected chi connectivity index (χ2v) is 14.6. The molecule has 0 aliphatic heterocycles. The molecule has 3 saturated carbocycles. The number of carbonyl (C=O) groups excluding carboxylic acids is 2. The van der Waals surface area contributed by atoms with E-state index in [1.165, 1.54) is 0 Å². The lowest BCUT2D eigenvalue weighted by molar-refractivity contribution is -0.235. The van der Waals surface area contributed by atoms with Crippen molar-refractivity contribution in [2.24, 2.45) is 34.5 Å². The summed E-state index contributed by atoms with van der Waals surface area (Å²) in [5.74, 6) is -2.62. The van der Waals surface area contributed by atoms with Gasteiger partial charge >= 0.3 is 0 Å². The number of allylic oxidation sites excluding steroid dienone is 4. The molecule has 4 aliphatic rings. The Morgan fingerprint density at radius 1 is 1.12 bits per heavy atom. The molecule has 8 heteroatoms. The second kappa shape index (κ2) is 11.0. The van der Waals surface area contributed by atoms with Crippen LogP contribution in [0.1, 0.15) is 52.0 Å². The first-order chi connectivity index (χ1) is 20.4. The third kappa shape index (κ3) is 5.21. The maximum absolute atomic E-state index is 13.4. The van der Waals surface area contributed by atoms with Gasteiger partial charge in [-0.2, -0.15) is 0 Å². The van der Waals surface area contributed by atoms with E-state index in [0.29, 0.717) is 24.1 Å². The molecular weight excluding hydrogens is 562 g/mol. The number of anilines is 1. The summed E-state index contributed by atoms with van der Waals surface area (Å²) < 4.78 is 6.46. The van der Waals surface area contributed by atoms with Crippen LogP contribution in [0, 0.1) is 34.5 Å². The average Bonchev–Trinajstić information content (AvgIpc) is 3.24. The summed E-state index contributed by atoms with van der Waals surface area (Å²) in [7, 11) is 0. The van der Waals surface area contributed by atoms with Crippen molar-refractivity contribution in [2.45, 2.75) is 74.2 Å². The summed E-state index contributed by atoms with van der Waals surface area (Å²) in [6.07, 6.45) is 6.49. The first kappa shape index (κ1) is 30.3. The van der Waals surface area contributed by atoms with Crippen LogP contribution in [-0.4, -0.2) is 45.7 Å². The number of carbonyl (C=O) groups is 2. The van der Waals surface area contributed by atoms with Crippen LogP contribution in [0.5, 0.6) is 0 Å². The molecule has 0 spiro atoms. The largest absolute Gasteiger partial charge is 0.399 e. The van der Waals surface area contributed by atoms with E-state index in [0.717, 1.165) is 28.2 Å². The number of nitrogen functional groups attached to an aromatic ring is 1. The Bertz CT molecular complexity index is 1470. The van der Waals surface area contributed by atoms with Crippen molar-refractivity contribution in [3.8, 4) is 0 Å². The maximum atomic E-state index is 13.4. The van der Waals surface area contributed by atoms with Crippen molar-refractivity contribution in [1.82, 2.24) is 0 Å². The third-order valence-corrected chi connectivity index (χ3v) is 11.9. The number of benzene rings is 2. The van der Waals surface area contributed by atoms with E-state index in [4.69, 9.17) is 10.5 Å². The number of aliphatic hydroxyl groups is 3. The minimum Gasteiger partial charge on any atom is -0.399 e. The minimum absolute atomic E-state index is 0.0110. The highest BCUT2D eigenvalue weighted by Gasteiger charge is 2.65. The Balaban J connectivity index is 1.26.